The molecule has 3 nitrogen and oxygen atoms in total. The second kappa shape index (κ2) is 6.03. The Labute approximate surface area is 129 Å². The predicted octanol–water partition coefficient (Wildman–Crippen LogP) is 4.68. The van der Waals surface area contributed by atoms with Crippen LogP contribution in [0.5, 0.6) is 0 Å². The minimum absolute atomic E-state index is 0.247. The maximum absolute atomic E-state index is 12.1. The minimum Gasteiger partial charge on any atom is -0.298 e. The summed E-state index contributed by atoms with van der Waals surface area (Å²) in [4.78, 5) is 17.6. The lowest BCUT2D eigenvalue weighted by Gasteiger charge is -2.04. The highest BCUT2D eigenvalue weighted by Crippen LogP contribution is 2.25. The summed E-state index contributed by atoms with van der Waals surface area (Å²) in [5.41, 5.74) is 1.45. The first-order chi connectivity index (χ1) is 9.01. The molecule has 1 aromatic heterocycles. The van der Waals surface area contributed by atoms with Crippen molar-refractivity contribution in [3.63, 3.8) is 0 Å². The summed E-state index contributed by atoms with van der Waals surface area (Å²) >= 11 is 10.8. The number of rotatable bonds is 3. The number of anilines is 1. The molecular weight excluding hydrogens is 348 g/mol. The third-order valence-electron chi connectivity index (χ3n) is 2.62. The van der Waals surface area contributed by atoms with Gasteiger partial charge < -0.3 is 0 Å². The van der Waals surface area contributed by atoms with E-state index in [-0.39, 0.29) is 5.91 Å². The molecule has 0 atom stereocenters. The highest BCUT2D eigenvalue weighted by atomic mass is 79.9. The molecule has 1 N–H and O–H groups in total. The zero-order chi connectivity index (χ0) is 14.0. The fourth-order valence-corrected chi connectivity index (χ4v) is 3.11. The normalized spacial score (nSPS) is 10.5. The predicted molar refractivity (Wildman–Crippen MR) is 83.3 cm³/mol. The smallest absolute Gasteiger partial charge is 0.258 e. The molecule has 0 bridgehead atoms. The number of aryl methyl sites for hydroxylation is 2. The van der Waals surface area contributed by atoms with Crippen LogP contribution in [0, 0.1) is 6.92 Å². The summed E-state index contributed by atoms with van der Waals surface area (Å²) in [7, 11) is 0. The van der Waals surface area contributed by atoms with Gasteiger partial charge >= 0.3 is 0 Å². The van der Waals surface area contributed by atoms with Crippen LogP contribution in [0.2, 0.25) is 5.02 Å². The van der Waals surface area contributed by atoms with E-state index < -0.39 is 0 Å². The van der Waals surface area contributed by atoms with Crippen molar-refractivity contribution < 1.29 is 4.79 Å². The molecule has 0 saturated heterocycles. The standard InChI is InChI=1S/C13H12BrClN2OS/c1-3-11-7(2)19-13(16-11)17-12(18)9-6-8(14)4-5-10(9)15/h4-6H,3H2,1-2H3,(H,16,17,18). The molecule has 0 unspecified atom stereocenters. The molecule has 0 radical (unpaired) electrons. The lowest BCUT2D eigenvalue weighted by molar-refractivity contribution is 0.102. The van der Waals surface area contributed by atoms with Crippen LogP contribution in [0.25, 0.3) is 0 Å². The minimum atomic E-state index is -0.247. The molecule has 6 heteroatoms. The van der Waals surface area contributed by atoms with Crippen LogP contribution in [-0.4, -0.2) is 10.9 Å². The summed E-state index contributed by atoms with van der Waals surface area (Å²) in [6.07, 6.45) is 0.857. The molecule has 2 rings (SSSR count). The zero-order valence-electron chi connectivity index (χ0n) is 10.5. The largest absolute Gasteiger partial charge is 0.298 e. The van der Waals surface area contributed by atoms with Gasteiger partial charge in [0.2, 0.25) is 0 Å². The Hall–Kier alpha value is -0.910. The number of hydrogen-bond acceptors (Lipinski definition) is 3. The third kappa shape index (κ3) is 3.35. The molecule has 2 aromatic rings. The number of aromatic nitrogens is 1. The van der Waals surface area contributed by atoms with Crippen molar-refractivity contribution in [3.05, 3.63) is 43.8 Å². The van der Waals surface area contributed by atoms with Gasteiger partial charge in [0.15, 0.2) is 5.13 Å². The number of nitrogens with one attached hydrogen (secondary N) is 1. The number of benzene rings is 1. The van der Waals surface area contributed by atoms with Gasteiger partial charge in [-0.3, -0.25) is 10.1 Å². The number of thiazole rings is 1. The van der Waals surface area contributed by atoms with Gasteiger partial charge in [0, 0.05) is 9.35 Å². The Kier molecular flexibility index (Phi) is 4.60. The van der Waals surface area contributed by atoms with Crippen molar-refractivity contribution in [2.24, 2.45) is 0 Å². The molecule has 1 heterocycles. The molecule has 19 heavy (non-hydrogen) atoms. The van der Waals surface area contributed by atoms with Gasteiger partial charge in [-0.25, -0.2) is 4.98 Å². The summed E-state index contributed by atoms with van der Waals surface area (Å²) < 4.78 is 0.812. The molecule has 0 saturated carbocycles. The van der Waals surface area contributed by atoms with Crippen molar-refractivity contribution in [3.8, 4) is 0 Å². The number of amides is 1. The highest BCUT2D eigenvalue weighted by molar-refractivity contribution is 9.10. The molecule has 0 aliphatic carbocycles. The van der Waals surface area contributed by atoms with Gasteiger partial charge in [-0.15, -0.1) is 11.3 Å². The zero-order valence-corrected chi connectivity index (χ0v) is 13.6. The Bertz CT molecular complexity index is 627. The van der Waals surface area contributed by atoms with Crippen molar-refractivity contribution in [1.29, 1.82) is 0 Å². The second-order valence-electron chi connectivity index (χ2n) is 3.95. The first kappa shape index (κ1) is 14.5. The second-order valence-corrected chi connectivity index (χ2v) is 6.48. The van der Waals surface area contributed by atoms with E-state index >= 15 is 0 Å². The Morgan fingerprint density at radius 1 is 1.53 bits per heavy atom. The molecule has 0 spiro atoms. The van der Waals surface area contributed by atoms with Crippen LogP contribution in [0.1, 0.15) is 27.9 Å². The molecule has 0 fully saturated rings. The number of halogens is 2. The number of nitrogens with zero attached hydrogens (tertiary/aromatic N) is 1. The first-order valence-corrected chi connectivity index (χ1v) is 7.72. The maximum Gasteiger partial charge on any atom is 0.258 e. The monoisotopic (exact) mass is 358 g/mol. The van der Waals surface area contributed by atoms with Crippen molar-refractivity contribution >= 4 is 49.9 Å². The van der Waals surface area contributed by atoms with Crippen LogP contribution in [0.4, 0.5) is 5.13 Å². The van der Waals surface area contributed by atoms with Crippen molar-refractivity contribution in [1.82, 2.24) is 4.98 Å². The SMILES string of the molecule is CCc1nc(NC(=O)c2cc(Br)ccc2Cl)sc1C. The van der Waals surface area contributed by atoms with Crippen molar-refractivity contribution in [2.75, 3.05) is 5.32 Å². The van der Waals surface area contributed by atoms with E-state index in [1.54, 1.807) is 18.2 Å². The van der Waals surface area contributed by atoms with E-state index in [1.807, 2.05) is 13.8 Å². The van der Waals surface area contributed by atoms with Gasteiger partial charge in [-0.1, -0.05) is 34.5 Å². The number of carbonyl (C=O) groups excluding carboxylic acids is 1. The third-order valence-corrected chi connectivity index (χ3v) is 4.37. The van der Waals surface area contributed by atoms with Gasteiger partial charge in [0.25, 0.3) is 5.91 Å². The van der Waals surface area contributed by atoms with E-state index in [0.29, 0.717) is 15.7 Å². The summed E-state index contributed by atoms with van der Waals surface area (Å²) in [5.74, 6) is -0.247. The average molecular weight is 360 g/mol. The van der Waals surface area contributed by atoms with E-state index in [2.05, 4.69) is 26.2 Å². The van der Waals surface area contributed by atoms with Crippen LogP contribution >= 0.6 is 38.9 Å². The Morgan fingerprint density at radius 3 is 2.89 bits per heavy atom. The van der Waals surface area contributed by atoms with E-state index in [4.69, 9.17) is 11.6 Å². The van der Waals surface area contributed by atoms with E-state index in [9.17, 15) is 4.79 Å². The fourth-order valence-electron chi connectivity index (χ4n) is 1.65. The van der Waals surface area contributed by atoms with Crippen LogP contribution in [-0.2, 0) is 6.42 Å². The lowest BCUT2D eigenvalue weighted by atomic mass is 10.2. The van der Waals surface area contributed by atoms with Crippen molar-refractivity contribution in [2.45, 2.75) is 20.3 Å². The quantitative estimate of drug-likeness (QED) is 0.864. The van der Waals surface area contributed by atoms with Crippen LogP contribution in [0.15, 0.2) is 22.7 Å². The maximum atomic E-state index is 12.1. The lowest BCUT2D eigenvalue weighted by Crippen LogP contribution is -2.12. The van der Waals surface area contributed by atoms with Gasteiger partial charge in [0.1, 0.15) is 0 Å². The number of carbonyl (C=O) groups is 1. The topological polar surface area (TPSA) is 42.0 Å². The summed E-state index contributed by atoms with van der Waals surface area (Å²) in [5, 5.41) is 3.81. The number of hydrogen-bond donors (Lipinski definition) is 1. The van der Waals surface area contributed by atoms with Gasteiger partial charge in [-0.05, 0) is 31.5 Å². The van der Waals surface area contributed by atoms with Gasteiger partial charge in [-0.2, -0.15) is 0 Å². The van der Waals surface area contributed by atoms with Crippen LogP contribution in [0.3, 0.4) is 0 Å². The molecule has 0 aliphatic rings. The molecule has 1 amide bonds. The summed E-state index contributed by atoms with van der Waals surface area (Å²) in [6.45, 7) is 4.04. The van der Waals surface area contributed by atoms with E-state index in [1.165, 1.54) is 11.3 Å². The first-order valence-electron chi connectivity index (χ1n) is 5.74. The van der Waals surface area contributed by atoms with E-state index in [0.717, 1.165) is 21.5 Å². The van der Waals surface area contributed by atoms with Gasteiger partial charge in [0.05, 0.1) is 16.3 Å². The highest BCUT2D eigenvalue weighted by Gasteiger charge is 2.14. The molecule has 100 valence electrons. The summed E-state index contributed by atoms with van der Waals surface area (Å²) in [6, 6.07) is 5.17. The average Bonchev–Trinajstić information content (AvgIpc) is 2.72. The van der Waals surface area contributed by atoms with Crippen LogP contribution < -0.4 is 5.32 Å². The molecule has 0 aliphatic heterocycles. The molecule has 1 aromatic carbocycles. The molecular formula is C13H12BrClN2OS. The Balaban J connectivity index is 2.22. The fraction of sp³-hybridized carbons (Fsp3) is 0.231. The Morgan fingerprint density at radius 2 is 2.26 bits per heavy atom.